The van der Waals surface area contributed by atoms with E-state index < -0.39 is 6.29 Å². The third-order valence-corrected chi connectivity index (χ3v) is 5.23. The Hall–Kier alpha value is -3.11. The first-order chi connectivity index (χ1) is 14.3. The predicted octanol–water partition coefficient (Wildman–Crippen LogP) is 2.87. The SMILES string of the molecule is N#Cc1cccc(C(C(c2cccnc2)c2cccnc2)N2CCOC(O)C2)c1. The Morgan fingerprint density at radius 1 is 1.03 bits per heavy atom. The van der Waals surface area contributed by atoms with Crippen molar-refractivity contribution in [2.45, 2.75) is 18.2 Å². The molecule has 0 saturated carbocycles. The lowest BCUT2D eigenvalue weighted by atomic mass is 9.81. The summed E-state index contributed by atoms with van der Waals surface area (Å²) in [5.41, 5.74) is 3.72. The number of benzene rings is 1. The lowest BCUT2D eigenvalue weighted by molar-refractivity contribution is -0.154. The van der Waals surface area contributed by atoms with Crippen LogP contribution >= 0.6 is 0 Å². The van der Waals surface area contributed by atoms with Gasteiger partial charge in [-0.05, 0) is 41.0 Å². The molecular formula is C23H22N4O2. The normalized spacial score (nSPS) is 18.3. The molecule has 0 aliphatic carbocycles. The van der Waals surface area contributed by atoms with Crippen molar-refractivity contribution in [3.63, 3.8) is 0 Å². The Morgan fingerprint density at radius 3 is 2.31 bits per heavy atom. The summed E-state index contributed by atoms with van der Waals surface area (Å²) in [4.78, 5) is 10.9. The quantitative estimate of drug-likeness (QED) is 0.726. The molecule has 0 radical (unpaired) electrons. The summed E-state index contributed by atoms with van der Waals surface area (Å²) in [6.07, 6.45) is 6.42. The number of hydrogen-bond donors (Lipinski definition) is 1. The molecule has 2 aromatic heterocycles. The molecule has 1 fully saturated rings. The molecule has 0 bridgehead atoms. The van der Waals surface area contributed by atoms with Crippen molar-refractivity contribution in [2.24, 2.45) is 0 Å². The summed E-state index contributed by atoms with van der Waals surface area (Å²) in [5, 5.41) is 19.6. The van der Waals surface area contributed by atoms with Crippen LogP contribution in [-0.2, 0) is 4.74 Å². The van der Waals surface area contributed by atoms with Gasteiger partial charge in [0.25, 0.3) is 0 Å². The maximum absolute atomic E-state index is 10.2. The van der Waals surface area contributed by atoms with Gasteiger partial charge in [0.15, 0.2) is 6.29 Å². The van der Waals surface area contributed by atoms with Crippen LogP contribution in [0.25, 0.3) is 0 Å². The maximum Gasteiger partial charge on any atom is 0.167 e. The van der Waals surface area contributed by atoms with E-state index in [0.29, 0.717) is 25.3 Å². The first-order valence-electron chi connectivity index (χ1n) is 9.60. The minimum absolute atomic E-state index is 0.0726. The first kappa shape index (κ1) is 19.2. The second kappa shape index (κ2) is 8.93. The third kappa shape index (κ3) is 4.33. The minimum atomic E-state index is -0.839. The van der Waals surface area contributed by atoms with Gasteiger partial charge in [-0.2, -0.15) is 5.26 Å². The number of hydrogen-bond acceptors (Lipinski definition) is 6. The van der Waals surface area contributed by atoms with Gasteiger partial charge in [-0.1, -0.05) is 24.3 Å². The standard InChI is InChI=1S/C23H22N4O2/c24-13-17-4-1-5-18(12-17)23(27-10-11-29-21(28)16-27)22(19-6-2-8-25-14-19)20-7-3-9-26-15-20/h1-9,12,14-15,21-23,28H,10-11,16H2. The van der Waals surface area contributed by atoms with Crippen LogP contribution in [0, 0.1) is 11.3 Å². The Bertz CT molecular complexity index is 935. The molecule has 1 saturated heterocycles. The summed E-state index contributed by atoms with van der Waals surface area (Å²) < 4.78 is 5.37. The molecule has 1 N–H and O–H groups in total. The molecule has 1 aliphatic heterocycles. The van der Waals surface area contributed by atoms with Gasteiger partial charge in [0.1, 0.15) is 0 Å². The Kier molecular flexibility index (Phi) is 5.92. The fraction of sp³-hybridized carbons (Fsp3) is 0.261. The summed E-state index contributed by atoms with van der Waals surface area (Å²) in [7, 11) is 0. The summed E-state index contributed by atoms with van der Waals surface area (Å²) in [5.74, 6) is -0.0726. The van der Waals surface area contributed by atoms with Crippen LogP contribution in [0.15, 0.2) is 73.3 Å². The number of nitrogens with zero attached hydrogens (tertiary/aromatic N) is 4. The lowest BCUT2D eigenvalue weighted by Gasteiger charge is -2.41. The smallest absolute Gasteiger partial charge is 0.167 e. The van der Waals surface area contributed by atoms with E-state index in [1.54, 1.807) is 18.5 Å². The number of aliphatic hydroxyl groups is 1. The van der Waals surface area contributed by atoms with Gasteiger partial charge in [-0.3, -0.25) is 14.9 Å². The van der Waals surface area contributed by atoms with Crippen LogP contribution in [0.3, 0.4) is 0 Å². The van der Waals surface area contributed by atoms with E-state index >= 15 is 0 Å². The Morgan fingerprint density at radius 2 is 1.72 bits per heavy atom. The van der Waals surface area contributed by atoms with E-state index in [9.17, 15) is 10.4 Å². The number of nitriles is 1. The van der Waals surface area contributed by atoms with Crippen LogP contribution in [0.2, 0.25) is 0 Å². The fourth-order valence-corrected chi connectivity index (χ4v) is 3.99. The molecule has 146 valence electrons. The van der Waals surface area contributed by atoms with Gasteiger partial charge in [0.05, 0.1) is 24.8 Å². The largest absolute Gasteiger partial charge is 0.367 e. The van der Waals surface area contributed by atoms with Crippen molar-refractivity contribution >= 4 is 0 Å². The topological polar surface area (TPSA) is 82.3 Å². The number of aliphatic hydroxyl groups excluding tert-OH is 1. The summed E-state index contributed by atoms with van der Waals surface area (Å²) >= 11 is 0. The van der Waals surface area contributed by atoms with Crippen molar-refractivity contribution in [3.8, 4) is 6.07 Å². The molecule has 1 aliphatic rings. The van der Waals surface area contributed by atoms with Gasteiger partial charge in [-0.15, -0.1) is 0 Å². The average molecular weight is 386 g/mol. The van der Waals surface area contributed by atoms with Crippen LogP contribution in [0.5, 0.6) is 0 Å². The van der Waals surface area contributed by atoms with Crippen molar-refractivity contribution < 1.29 is 9.84 Å². The summed E-state index contributed by atoms with van der Waals surface area (Å²) in [6, 6.07) is 17.8. The lowest BCUT2D eigenvalue weighted by Crippen LogP contribution is -2.46. The fourth-order valence-electron chi connectivity index (χ4n) is 3.99. The zero-order valence-corrected chi connectivity index (χ0v) is 15.9. The van der Waals surface area contributed by atoms with E-state index in [1.807, 2.05) is 42.7 Å². The molecule has 6 nitrogen and oxygen atoms in total. The van der Waals surface area contributed by atoms with Gasteiger partial charge < -0.3 is 9.84 Å². The van der Waals surface area contributed by atoms with Gasteiger partial charge in [-0.25, -0.2) is 0 Å². The van der Waals surface area contributed by atoms with Crippen molar-refractivity contribution in [2.75, 3.05) is 19.7 Å². The van der Waals surface area contributed by atoms with Crippen molar-refractivity contribution in [1.29, 1.82) is 5.26 Å². The highest BCUT2D eigenvalue weighted by atomic mass is 16.6. The minimum Gasteiger partial charge on any atom is -0.367 e. The number of aromatic nitrogens is 2. The van der Waals surface area contributed by atoms with Crippen LogP contribution in [0.1, 0.15) is 34.2 Å². The molecule has 3 aromatic rings. The molecule has 3 heterocycles. The second-order valence-corrected chi connectivity index (χ2v) is 7.05. The number of pyridine rings is 2. The van der Waals surface area contributed by atoms with Crippen LogP contribution < -0.4 is 0 Å². The van der Waals surface area contributed by atoms with E-state index in [-0.39, 0.29) is 12.0 Å². The molecule has 6 heteroatoms. The highest BCUT2D eigenvalue weighted by Gasteiger charge is 2.34. The molecule has 4 rings (SSSR count). The van der Waals surface area contributed by atoms with Crippen LogP contribution in [0.4, 0.5) is 0 Å². The zero-order chi connectivity index (χ0) is 20.1. The van der Waals surface area contributed by atoms with E-state index in [0.717, 1.165) is 16.7 Å². The highest BCUT2D eigenvalue weighted by Crippen LogP contribution is 2.41. The third-order valence-electron chi connectivity index (χ3n) is 5.23. The Balaban J connectivity index is 1.87. The number of morpholine rings is 1. The molecule has 29 heavy (non-hydrogen) atoms. The van der Waals surface area contributed by atoms with E-state index in [4.69, 9.17) is 4.74 Å². The molecule has 0 spiro atoms. The Labute approximate surface area is 170 Å². The van der Waals surface area contributed by atoms with E-state index in [2.05, 4.69) is 33.1 Å². The highest BCUT2D eigenvalue weighted by molar-refractivity contribution is 5.40. The predicted molar refractivity (Wildman–Crippen MR) is 108 cm³/mol. The molecule has 2 atom stereocenters. The van der Waals surface area contributed by atoms with Crippen molar-refractivity contribution in [3.05, 3.63) is 95.6 Å². The molecule has 1 aromatic carbocycles. The second-order valence-electron chi connectivity index (χ2n) is 7.05. The average Bonchev–Trinajstić information content (AvgIpc) is 2.78. The number of rotatable bonds is 5. The molecule has 0 amide bonds. The van der Waals surface area contributed by atoms with Gasteiger partial charge in [0.2, 0.25) is 0 Å². The van der Waals surface area contributed by atoms with Gasteiger partial charge >= 0.3 is 0 Å². The maximum atomic E-state index is 10.2. The number of β-amino-alcohol motifs (C(OH)–C–C–N with tert-alkyl or cyclic N) is 1. The van der Waals surface area contributed by atoms with E-state index in [1.165, 1.54) is 0 Å². The van der Waals surface area contributed by atoms with Crippen molar-refractivity contribution in [1.82, 2.24) is 14.9 Å². The summed E-state index contributed by atoms with van der Waals surface area (Å²) in [6.45, 7) is 1.51. The van der Waals surface area contributed by atoms with Crippen LogP contribution in [-0.4, -0.2) is 46.0 Å². The monoisotopic (exact) mass is 386 g/mol. The first-order valence-corrected chi connectivity index (χ1v) is 9.60. The number of ether oxygens (including phenoxy) is 1. The zero-order valence-electron chi connectivity index (χ0n) is 15.9. The molecule has 2 unspecified atom stereocenters. The molecular weight excluding hydrogens is 364 g/mol. The van der Waals surface area contributed by atoms with Gasteiger partial charge in [0, 0.05) is 43.3 Å².